The van der Waals surface area contributed by atoms with Crippen LogP contribution >= 0.6 is 0 Å². The van der Waals surface area contributed by atoms with Gasteiger partial charge in [-0.25, -0.2) is 9.18 Å². The summed E-state index contributed by atoms with van der Waals surface area (Å²) in [5.74, 6) is -1.12. The lowest BCUT2D eigenvalue weighted by Crippen LogP contribution is -2.32. The van der Waals surface area contributed by atoms with Gasteiger partial charge in [0.2, 0.25) is 5.76 Å². The van der Waals surface area contributed by atoms with Crippen LogP contribution in [0.25, 0.3) is 16.7 Å². The topological polar surface area (TPSA) is 113 Å². The highest BCUT2D eigenvalue weighted by Gasteiger charge is 2.27. The molecule has 1 aromatic heterocycles. The molecule has 0 atom stereocenters. The number of benzene rings is 3. The van der Waals surface area contributed by atoms with Crippen LogP contribution in [0.1, 0.15) is 48.0 Å². The maximum atomic E-state index is 14.0. The van der Waals surface area contributed by atoms with Crippen molar-refractivity contribution >= 4 is 23.1 Å². The van der Waals surface area contributed by atoms with Gasteiger partial charge in [-0.3, -0.25) is 10.1 Å². The molecule has 0 saturated carbocycles. The highest BCUT2D eigenvalue weighted by atomic mass is 19.1. The largest absolute Gasteiger partial charge is 0.496 e. The number of halogens is 1. The van der Waals surface area contributed by atoms with E-state index in [-0.39, 0.29) is 29.5 Å². The Hall–Kier alpha value is -5.12. The summed E-state index contributed by atoms with van der Waals surface area (Å²) in [6.07, 6.45) is 2.15. The maximum Gasteiger partial charge on any atom is 0.433 e. The van der Waals surface area contributed by atoms with Gasteiger partial charge in [-0.05, 0) is 74.7 Å². The minimum atomic E-state index is -0.888. The summed E-state index contributed by atoms with van der Waals surface area (Å²) < 4.78 is 36.3. The molecule has 9 nitrogen and oxygen atoms in total. The minimum Gasteiger partial charge on any atom is -0.496 e. The monoisotopic (exact) mass is 572 g/mol. The van der Waals surface area contributed by atoms with Crippen molar-refractivity contribution in [1.29, 1.82) is 0 Å². The van der Waals surface area contributed by atoms with Crippen molar-refractivity contribution in [2.24, 2.45) is 0 Å². The molecule has 42 heavy (non-hydrogen) atoms. The van der Waals surface area contributed by atoms with Gasteiger partial charge in [0.25, 0.3) is 0 Å². The second-order valence-electron chi connectivity index (χ2n) is 10.5. The van der Waals surface area contributed by atoms with E-state index in [1.54, 1.807) is 24.3 Å². The Morgan fingerprint density at radius 3 is 2.50 bits per heavy atom. The number of rotatable bonds is 8. The number of ether oxygens (including phenoxy) is 3. The van der Waals surface area contributed by atoms with Gasteiger partial charge in [0.1, 0.15) is 34.6 Å². The van der Waals surface area contributed by atoms with Crippen molar-refractivity contribution in [3.05, 3.63) is 105 Å². The summed E-state index contributed by atoms with van der Waals surface area (Å²) in [4.78, 5) is 22.7. The van der Waals surface area contributed by atoms with Gasteiger partial charge in [0, 0.05) is 34.5 Å². The Labute approximate surface area is 241 Å². The number of carbonyl (C=O) groups is 1. The zero-order valence-electron chi connectivity index (χ0n) is 23.7. The van der Waals surface area contributed by atoms with E-state index in [4.69, 9.17) is 18.6 Å². The summed E-state index contributed by atoms with van der Waals surface area (Å²) in [6, 6.07) is 15.5. The van der Waals surface area contributed by atoms with Crippen molar-refractivity contribution in [3.8, 4) is 28.4 Å². The van der Waals surface area contributed by atoms with E-state index in [0.717, 1.165) is 39.6 Å². The molecule has 3 aromatic carbocycles. The summed E-state index contributed by atoms with van der Waals surface area (Å²) >= 11 is 0. The highest BCUT2D eigenvalue weighted by Crippen LogP contribution is 2.43. The molecule has 0 spiro atoms. The normalized spacial score (nSPS) is 13.4. The molecule has 10 heteroatoms. The molecular formula is C32H29FN2O7. The molecule has 0 fully saturated rings. The van der Waals surface area contributed by atoms with Gasteiger partial charge in [-0.15, -0.1) is 0 Å². The molecule has 0 saturated heterocycles. The van der Waals surface area contributed by atoms with Crippen LogP contribution in [0.5, 0.6) is 17.2 Å². The Morgan fingerprint density at radius 1 is 1.02 bits per heavy atom. The molecule has 0 bridgehead atoms. The first-order valence-electron chi connectivity index (χ1n) is 13.1. The van der Waals surface area contributed by atoms with Crippen LogP contribution in [0.4, 0.5) is 16.0 Å². The molecule has 0 aliphatic carbocycles. The van der Waals surface area contributed by atoms with E-state index in [2.05, 4.69) is 25.2 Å². The zero-order chi connectivity index (χ0) is 30.2. The summed E-state index contributed by atoms with van der Waals surface area (Å²) in [6.45, 7) is 8.22. The Balaban J connectivity index is 1.54. The number of hydrogen-bond donors (Lipinski definition) is 1. The number of aryl methyl sites for hydroxylation is 1. The first-order chi connectivity index (χ1) is 20.0. The number of allylic oxidation sites excluding steroid dienone is 1. The van der Waals surface area contributed by atoms with E-state index in [1.807, 2.05) is 26.0 Å². The van der Waals surface area contributed by atoms with E-state index >= 15 is 0 Å². The van der Waals surface area contributed by atoms with Crippen LogP contribution < -0.4 is 19.5 Å². The smallest absolute Gasteiger partial charge is 0.433 e. The average Bonchev–Trinajstić information content (AvgIpc) is 3.44. The summed E-state index contributed by atoms with van der Waals surface area (Å²) in [5.41, 5.74) is 5.90. The molecule has 0 unspecified atom stereocenters. The van der Waals surface area contributed by atoms with Crippen molar-refractivity contribution in [3.63, 3.8) is 0 Å². The molecule has 4 aromatic rings. The fourth-order valence-electron chi connectivity index (χ4n) is 5.13. The third kappa shape index (κ3) is 5.69. The fourth-order valence-corrected chi connectivity index (χ4v) is 5.13. The Morgan fingerprint density at radius 2 is 1.79 bits per heavy atom. The van der Waals surface area contributed by atoms with E-state index in [0.29, 0.717) is 17.1 Å². The standard InChI is InChI=1S/C32H29FN2O7/c1-18-6-7-20(33)14-27(18)40-17-24-22(10-11-25-30(24)19(2)16-32(3,4)34-25)23-9-8-21(15-28(23)39-5)41-31(36)26-12-13-29(42-26)35(37)38/h6-16,34H,17H2,1-5H3. The number of methoxy groups -OCH3 is 1. The molecule has 1 aliphatic rings. The van der Waals surface area contributed by atoms with Crippen LogP contribution in [0.15, 0.2) is 71.2 Å². The van der Waals surface area contributed by atoms with Gasteiger partial charge >= 0.3 is 11.9 Å². The predicted octanol–water partition coefficient (Wildman–Crippen LogP) is 7.72. The Bertz CT molecular complexity index is 1740. The van der Waals surface area contributed by atoms with E-state index < -0.39 is 16.8 Å². The molecule has 0 amide bonds. The van der Waals surface area contributed by atoms with Gasteiger partial charge < -0.3 is 23.9 Å². The number of fused-ring (bicyclic) bond motifs is 1. The van der Waals surface area contributed by atoms with E-state index in [1.165, 1.54) is 25.3 Å². The molecule has 5 rings (SSSR count). The predicted molar refractivity (Wildman–Crippen MR) is 156 cm³/mol. The molecule has 1 N–H and O–H groups in total. The van der Waals surface area contributed by atoms with Crippen LogP contribution in [0, 0.1) is 22.9 Å². The van der Waals surface area contributed by atoms with Crippen molar-refractivity contribution in [1.82, 2.24) is 0 Å². The number of nitrogens with one attached hydrogen (secondary N) is 1. The van der Waals surface area contributed by atoms with Gasteiger partial charge in [0.05, 0.1) is 18.7 Å². The van der Waals surface area contributed by atoms with Gasteiger partial charge in [0.15, 0.2) is 0 Å². The first-order valence-corrected chi connectivity index (χ1v) is 13.1. The second-order valence-corrected chi connectivity index (χ2v) is 10.5. The lowest BCUT2D eigenvalue weighted by Gasteiger charge is -2.33. The fraction of sp³-hybridized carbons (Fsp3) is 0.219. The Kier molecular flexibility index (Phi) is 7.47. The van der Waals surface area contributed by atoms with Gasteiger partial charge in [-0.1, -0.05) is 18.2 Å². The minimum absolute atomic E-state index is 0.146. The van der Waals surface area contributed by atoms with Gasteiger partial charge in [-0.2, -0.15) is 0 Å². The quantitative estimate of drug-likeness (QED) is 0.0988. The molecule has 216 valence electrons. The van der Waals surface area contributed by atoms with Crippen LogP contribution in [0.3, 0.4) is 0 Å². The highest BCUT2D eigenvalue weighted by molar-refractivity contribution is 5.90. The number of nitro groups is 1. The van der Waals surface area contributed by atoms with Crippen LogP contribution in [-0.2, 0) is 6.61 Å². The number of esters is 1. The first kappa shape index (κ1) is 28.4. The van der Waals surface area contributed by atoms with Crippen molar-refractivity contribution in [2.45, 2.75) is 39.8 Å². The summed E-state index contributed by atoms with van der Waals surface area (Å²) in [7, 11) is 1.50. The van der Waals surface area contributed by atoms with Crippen molar-refractivity contribution in [2.75, 3.05) is 12.4 Å². The SMILES string of the molecule is COc1cc(OC(=O)c2ccc([N+](=O)[O-])o2)ccc1-c1ccc2c(c1COc1cc(F)ccc1C)C(C)=CC(C)(C)N2. The van der Waals surface area contributed by atoms with E-state index in [9.17, 15) is 19.3 Å². The molecule has 0 radical (unpaired) electrons. The maximum absolute atomic E-state index is 14.0. The molecular weight excluding hydrogens is 543 g/mol. The number of furan rings is 1. The average molecular weight is 573 g/mol. The van der Waals surface area contributed by atoms with Crippen LogP contribution in [-0.4, -0.2) is 23.5 Å². The number of hydrogen-bond acceptors (Lipinski definition) is 8. The van der Waals surface area contributed by atoms with Crippen LogP contribution in [0.2, 0.25) is 0 Å². The third-order valence-electron chi connectivity index (χ3n) is 6.91. The third-order valence-corrected chi connectivity index (χ3v) is 6.91. The molecule has 1 aliphatic heterocycles. The lowest BCUT2D eigenvalue weighted by molar-refractivity contribution is -0.402. The van der Waals surface area contributed by atoms with Crippen molar-refractivity contribution < 1.29 is 32.7 Å². The molecule has 2 heterocycles. The second kappa shape index (κ2) is 11.0. The number of carbonyl (C=O) groups excluding carboxylic acids is 1. The number of anilines is 1. The lowest BCUT2D eigenvalue weighted by atomic mass is 9.85. The number of nitrogens with zero attached hydrogens (tertiary/aromatic N) is 1. The summed E-state index contributed by atoms with van der Waals surface area (Å²) in [5, 5.41) is 14.4. The zero-order valence-corrected chi connectivity index (χ0v) is 23.7.